The summed E-state index contributed by atoms with van der Waals surface area (Å²) in [7, 11) is 0. The number of pyridine rings is 1. The fourth-order valence-electron chi connectivity index (χ4n) is 0.667. The Bertz CT molecular complexity index is 170. The van der Waals surface area contributed by atoms with Crippen LogP contribution in [0.2, 0.25) is 0 Å². The summed E-state index contributed by atoms with van der Waals surface area (Å²) >= 11 is 0. The molecule has 0 aliphatic carbocycles. The predicted molar refractivity (Wildman–Crippen MR) is 36.8 cm³/mol. The van der Waals surface area contributed by atoms with Crippen LogP contribution in [0, 0.1) is 0 Å². The third-order valence-corrected chi connectivity index (χ3v) is 1.23. The van der Waals surface area contributed by atoms with Crippen molar-refractivity contribution in [1.29, 1.82) is 0 Å². The van der Waals surface area contributed by atoms with E-state index in [4.69, 9.17) is 5.73 Å². The van der Waals surface area contributed by atoms with Crippen molar-refractivity contribution in [2.75, 3.05) is 0 Å². The van der Waals surface area contributed by atoms with Gasteiger partial charge in [0, 0.05) is 18.4 Å². The minimum atomic E-state index is 0.119. The van der Waals surface area contributed by atoms with E-state index in [9.17, 15) is 0 Å². The topological polar surface area (TPSA) is 38.9 Å². The van der Waals surface area contributed by atoms with Crippen LogP contribution < -0.4 is 5.73 Å². The van der Waals surface area contributed by atoms with Crippen LogP contribution in [-0.2, 0) is 0 Å². The summed E-state index contributed by atoms with van der Waals surface area (Å²) in [6.07, 6.45) is 3.50. The van der Waals surface area contributed by atoms with Gasteiger partial charge in [-0.15, -0.1) is 0 Å². The molecule has 0 aromatic carbocycles. The highest BCUT2D eigenvalue weighted by molar-refractivity contribution is 5.12. The Balaban J connectivity index is 2.85. The van der Waals surface area contributed by atoms with Gasteiger partial charge in [0.25, 0.3) is 0 Å². The zero-order chi connectivity index (χ0) is 6.69. The van der Waals surface area contributed by atoms with Gasteiger partial charge < -0.3 is 5.73 Å². The van der Waals surface area contributed by atoms with Gasteiger partial charge in [0.15, 0.2) is 0 Å². The number of hydrogen-bond donors (Lipinski definition) is 1. The first-order valence-corrected chi connectivity index (χ1v) is 2.96. The highest BCUT2D eigenvalue weighted by Crippen LogP contribution is 2.05. The number of aromatic nitrogens is 1. The van der Waals surface area contributed by atoms with Gasteiger partial charge in [0.2, 0.25) is 0 Å². The number of nitrogens with two attached hydrogens (primary N) is 1. The monoisotopic (exact) mass is 122 g/mol. The number of hydrogen-bond acceptors (Lipinski definition) is 2. The summed E-state index contributed by atoms with van der Waals surface area (Å²) in [6, 6.07) is 3.96. The molecule has 2 heteroatoms. The Kier molecular flexibility index (Phi) is 1.80. The molecule has 1 rings (SSSR count). The molecule has 0 fully saturated rings. The van der Waals surface area contributed by atoms with E-state index in [0.29, 0.717) is 0 Å². The molecule has 1 atom stereocenters. The minimum Gasteiger partial charge on any atom is -0.324 e. The Labute approximate surface area is 54.7 Å². The van der Waals surface area contributed by atoms with Gasteiger partial charge in [-0.3, -0.25) is 4.98 Å². The maximum Gasteiger partial charge on any atom is 0.0271 e. The lowest BCUT2D eigenvalue weighted by atomic mass is 10.1. The highest BCUT2D eigenvalue weighted by Gasteiger charge is 1.94. The average Bonchev–Trinajstić information content (AvgIpc) is 1.90. The van der Waals surface area contributed by atoms with Gasteiger partial charge in [-0.2, -0.15) is 0 Å². The summed E-state index contributed by atoms with van der Waals surface area (Å²) in [5, 5.41) is 0. The van der Waals surface area contributed by atoms with E-state index in [1.54, 1.807) is 12.4 Å². The summed E-state index contributed by atoms with van der Waals surface area (Å²) in [5.41, 5.74) is 6.72. The van der Waals surface area contributed by atoms with Gasteiger partial charge in [-0.25, -0.2) is 0 Å². The molecule has 0 radical (unpaired) electrons. The van der Waals surface area contributed by atoms with Crippen molar-refractivity contribution in [1.82, 2.24) is 4.98 Å². The van der Waals surface area contributed by atoms with Gasteiger partial charge in [-0.05, 0) is 24.6 Å². The van der Waals surface area contributed by atoms with Crippen LogP contribution in [-0.4, -0.2) is 4.98 Å². The molecule has 2 N–H and O–H groups in total. The molecule has 0 spiro atoms. The Morgan fingerprint density at radius 1 is 1.44 bits per heavy atom. The molecule has 1 heterocycles. The quantitative estimate of drug-likeness (QED) is 0.605. The Morgan fingerprint density at radius 3 is 2.33 bits per heavy atom. The molecule has 0 aliphatic heterocycles. The second kappa shape index (κ2) is 2.60. The van der Waals surface area contributed by atoms with Crippen molar-refractivity contribution in [3.05, 3.63) is 30.1 Å². The molecule has 1 aromatic heterocycles. The van der Waals surface area contributed by atoms with E-state index in [1.807, 2.05) is 19.1 Å². The molecule has 1 aromatic rings. The van der Waals surface area contributed by atoms with Crippen molar-refractivity contribution in [3.63, 3.8) is 0 Å². The van der Waals surface area contributed by atoms with Crippen molar-refractivity contribution in [3.8, 4) is 0 Å². The molecule has 0 amide bonds. The standard InChI is InChI=1S/C7H10N2/c1-6(8)7-2-4-9-5-3-7/h2-6H,8H2,1H3/t6-/m0/s1. The molecule has 0 saturated heterocycles. The van der Waals surface area contributed by atoms with E-state index < -0.39 is 0 Å². The highest BCUT2D eigenvalue weighted by atomic mass is 14.6. The van der Waals surface area contributed by atoms with Crippen LogP contribution in [0.15, 0.2) is 24.5 Å². The molecule has 0 aliphatic rings. The number of rotatable bonds is 1. The summed E-state index contributed by atoms with van der Waals surface area (Å²) < 4.78 is 0. The fourth-order valence-corrected chi connectivity index (χ4v) is 0.667. The molecule has 9 heavy (non-hydrogen) atoms. The molecule has 48 valence electrons. The van der Waals surface area contributed by atoms with E-state index >= 15 is 0 Å². The third kappa shape index (κ3) is 1.50. The predicted octanol–water partition coefficient (Wildman–Crippen LogP) is 1.10. The molecule has 0 bridgehead atoms. The lowest BCUT2D eigenvalue weighted by molar-refractivity contribution is 0.815. The van der Waals surface area contributed by atoms with E-state index in [1.165, 1.54) is 0 Å². The Hall–Kier alpha value is -0.890. The van der Waals surface area contributed by atoms with Crippen LogP contribution in [0.4, 0.5) is 0 Å². The number of nitrogens with zero attached hydrogens (tertiary/aromatic N) is 1. The van der Waals surface area contributed by atoms with Gasteiger partial charge in [-0.1, -0.05) is 0 Å². The minimum absolute atomic E-state index is 0.119. The second-order valence-corrected chi connectivity index (χ2v) is 2.07. The molecule has 0 unspecified atom stereocenters. The SMILES string of the molecule is C[C@H](N)c1ccncc1. The lowest BCUT2D eigenvalue weighted by Gasteiger charge is -2.01. The normalized spacial score (nSPS) is 13.1. The molecular formula is C7H10N2. The summed E-state index contributed by atoms with van der Waals surface area (Å²) in [4.78, 5) is 3.87. The van der Waals surface area contributed by atoms with Crippen molar-refractivity contribution >= 4 is 0 Å². The van der Waals surface area contributed by atoms with E-state index in [-0.39, 0.29) is 6.04 Å². The maximum atomic E-state index is 5.59. The van der Waals surface area contributed by atoms with Crippen LogP contribution in [0.25, 0.3) is 0 Å². The molecular weight excluding hydrogens is 112 g/mol. The maximum absolute atomic E-state index is 5.59. The first-order valence-electron chi connectivity index (χ1n) is 2.96. The average molecular weight is 122 g/mol. The summed E-state index contributed by atoms with van der Waals surface area (Å²) in [6.45, 7) is 1.95. The molecule has 0 saturated carbocycles. The van der Waals surface area contributed by atoms with Crippen molar-refractivity contribution in [2.45, 2.75) is 13.0 Å². The van der Waals surface area contributed by atoms with E-state index in [2.05, 4.69) is 4.98 Å². The van der Waals surface area contributed by atoms with Crippen LogP contribution in [0.3, 0.4) is 0 Å². The van der Waals surface area contributed by atoms with Crippen molar-refractivity contribution < 1.29 is 0 Å². The third-order valence-electron chi connectivity index (χ3n) is 1.23. The van der Waals surface area contributed by atoms with Gasteiger partial charge in [0.1, 0.15) is 0 Å². The largest absolute Gasteiger partial charge is 0.324 e. The van der Waals surface area contributed by atoms with Crippen LogP contribution >= 0.6 is 0 Å². The first kappa shape index (κ1) is 6.23. The van der Waals surface area contributed by atoms with Crippen LogP contribution in [0.5, 0.6) is 0 Å². The van der Waals surface area contributed by atoms with E-state index in [0.717, 1.165) is 5.56 Å². The zero-order valence-corrected chi connectivity index (χ0v) is 5.41. The van der Waals surface area contributed by atoms with Crippen LogP contribution in [0.1, 0.15) is 18.5 Å². The summed E-state index contributed by atoms with van der Waals surface area (Å²) in [5.74, 6) is 0. The molecule has 2 nitrogen and oxygen atoms in total. The lowest BCUT2D eigenvalue weighted by Crippen LogP contribution is -2.04. The first-order chi connectivity index (χ1) is 4.30. The smallest absolute Gasteiger partial charge is 0.0271 e. The zero-order valence-electron chi connectivity index (χ0n) is 5.41. The van der Waals surface area contributed by atoms with Gasteiger partial charge >= 0.3 is 0 Å². The van der Waals surface area contributed by atoms with Crippen molar-refractivity contribution in [2.24, 2.45) is 5.73 Å². The van der Waals surface area contributed by atoms with Gasteiger partial charge in [0.05, 0.1) is 0 Å². The fraction of sp³-hybridized carbons (Fsp3) is 0.286. The Morgan fingerprint density at radius 2 is 2.00 bits per heavy atom. The second-order valence-electron chi connectivity index (χ2n) is 2.07.